The van der Waals surface area contributed by atoms with Crippen LogP contribution in [-0.4, -0.2) is 43.1 Å². The second-order valence-electron chi connectivity index (χ2n) is 3.97. The molecular weight excluding hydrogens is 289 g/mol. The summed E-state index contributed by atoms with van der Waals surface area (Å²) in [7, 11) is 1.51. The van der Waals surface area contributed by atoms with Gasteiger partial charge in [-0.15, -0.1) is 0 Å². The molecule has 8 heteroatoms. The van der Waals surface area contributed by atoms with E-state index in [2.05, 4.69) is 15.6 Å². The molecule has 0 bridgehead atoms. The first-order chi connectivity index (χ1) is 9.45. The third-order valence-electron chi connectivity index (χ3n) is 2.40. The number of pyridine rings is 1. The zero-order valence-corrected chi connectivity index (χ0v) is 11.8. The number of carbonyl (C=O) groups excluding carboxylic acids is 2. The van der Waals surface area contributed by atoms with Crippen molar-refractivity contribution in [3.05, 3.63) is 28.8 Å². The number of amides is 2. The Hall–Kier alpha value is -1.73. The lowest BCUT2D eigenvalue weighted by Crippen LogP contribution is -2.45. The number of rotatable bonds is 6. The minimum Gasteiger partial charge on any atom is -0.383 e. The molecule has 0 aromatic carbocycles. The van der Waals surface area contributed by atoms with Crippen LogP contribution in [0.1, 0.15) is 17.3 Å². The van der Waals surface area contributed by atoms with Crippen LogP contribution in [0.5, 0.6) is 0 Å². The predicted octanol–water partition coefficient (Wildman–Crippen LogP) is 0.755. The van der Waals surface area contributed by atoms with Gasteiger partial charge in [0.1, 0.15) is 17.0 Å². The van der Waals surface area contributed by atoms with Crippen molar-refractivity contribution in [3.8, 4) is 0 Å². The lowest BCUT2D eigenvalue weighted by atomic mass is 10.2. The quantitative estimate of drug-likeness (QED) is 0.600. The summed E-state index contributed by atoms with van der Waals surface area (Å²) in [5, 5.41) is 4.84. The van der Waals surface area contributed by atoms with Crippen LogP contribution in [-0.2, 0) is 9.53 Å². The number of aromatic nitrogens is 1. The SMILES string of the molecule is COCCNC(=O)C(C)NC(=O)c1cc(F)cnc1Cl. The molecule has 2 N–H and O–H groups in total. The molecule has 1 rings (SSSR count). The monoisotopic (exact) mass is 303 g/mol. The molecule has 0 aliphatic carbocycles. The smallest absolute Gasteiger partial charge is 0.255 e. The van der Waals surface area contributed by atoms with Gasteiger partial charge in [0.05, 0.1) is 18.4 Å². The first kappa shape index (κ1) is 16.3. The van der Waals surface area contributed by atoms with Crippen LogP contribution in [0.3, 0.4) is 0 Å². The van der Waals surface area contributed by atoms with Crippen LogP contribution in [0.2, 0.25) is 5.15 Å². The van der Waals surface area contributed by atoms with Gasteiger partial charge in [-0.25, -0.2) is 9.37 Å². The molecule has 1 unspecified atom stereocenters. The van der Waals surface area contributed by atoms with Gasteiger partial charge in [0, 0.05) is 13.7 Å². The fourth-order valence-corrected chi connectivity index (χ4v) is 1.54. The van der Waals surface area contributed by atoms with Gasteiger partial charge in [-0.2, -0.15) is 0 Å². The van der Waals surface area contributed by atoms with E-state index in [1.165, 1.54) is 14.0 Å². The molecule has 1 heterocycles. The van der Waals surface area contributed by atoms with Crippen LogP contribution in [0, 0.1) is 5.82 Å². The second kappa shape index (κ2) is 7.76. The minimum absolute atomic E-state index is 0.122. The van der Waals surface area contributed by atoms with Gasteiger partial charge in [-0.05, 0) is 13.0 Å². The summed E-state index contributed by atoms with van der Waals surface area (Å²) in [6, 6.07) is 0.166. The predicted molar refractivity (Wildman–Crippen MR) is 71.0 cm³/mol. The molecule has 2 amide bonds. The molecule has 1 aromatic heterocycles. The van der Waals surface area contributed by atoms with Crippen molar-refractivity contribution in [2.75, 3.05) is 20.3 Å². The second-order valence-corrected chi connectivity index (χ2v) is 4.33. The number of halogens is 2. The van der Waals surface area contributed by atoms with E-state index in [1.54, 1.807) is 0 Å². The Bertz CT molecular complexity index is 499. The minimum atomic E-state index is -0.793. The standard InChI is InChI=1S/C12H15ClFN3O3/c1-7(11(18)15-3-4-20-2)17-12(19)9-5-8(14)6-16-10(9)13/h5-7H,3-4H2,1-2H3,(H,15,18)(H,17,19). The Morgan fingerprint density at radius 2 is 2.25 bits per heavy atom. The number of hydrogen-bond acceptors (Lipinski definition) is 4. The Morgan fingerprint density at radius 3 is 2.90 bits per heavy atom. The fraction of sp³-hybridized carbons (Fsp3) is 0.417. The van der Waals surface area contributed by atoms with E-state index in [0.29, 0.717) is 13.2 Å². The van der Waals surface area contributed by atoms with Crippen LogP contribution in [0.25, 0.3) is 0 Å². The van der Waals surface area contributed by atoms with E-state index in [4.69, 9.17) is 16.3 Å². The molecule has 0 spiro atoms. The molecule has 1 aromatic rings. The van der Waals surface area contributed by atoms with Gasteiger partial charge in [0.15, 0.2) is 0 Å². The number of nitrogens with one attached hydrogen (secondary N) is 2. The molecule has 0 saturated carbocycles. The van der Waals surface area contributed by atoms with Crippen molar-refractivity contribution >= 4 is 23.4 Å². The highest BCUT2D eigenvalue weighted by atomic mass is 35.5. The van der Waals surface area contributed by atoms with E-state index < -0.39 is 17.8 Å². The third-order valence-corrected chi connectivity index (χ3v) is 2.70. The summed E-state index contributed by atoms with van der Waals surface area (Å²) in [6.07, 6.45) is 0.903. The molecule has 1 atom stereocenters. The highest BCUT2D eigenvalue weighted by Gasteiger charge is 2.19. The third kappa shape index (κ3) is 4.75. The molecular formula is C12H15ClFN3O3. The van der Waals surface area contributed by atoms with Gasteiger partial charge in [0.2, 0.25) is 5.91 Å². The van der Waals surface area contributed by atoms with Gasteiger partial charge >= 0.3 is 0 Å². The number of methoxy groups -OCH3 is 1. The molecule has 0 aliphatic rings. The lowest BCUT2D eigenvalue weighted by Gasteiger charge is -2.14. The van der Waals surface area contributed by atoms with Gasteiger partial charge in [0.25, 0.3) is 5.91 Å². The van der Waals surface area contributed by atoms with Crippen molar-refractivity contribution in [1.29, 1.82) is 0 Å². The summed E-state index contributed by atoms with van der Waals surface area (Å²) < 4.78 is 17.8. The Balaban J connectivity index is 2.61. The Morgan fingerprint density at radius 1 is 1.55 bits per heavy atom. The first-order valence-electron chi connectivity index (χ1n) is 5.84. The molecule has 110 valence electrons. The summed E-state index contributed by atoms with van der Waals surface area (Å²) in [5.41, 5.74) is -0.122. The van der Waals surface area contributed by atoms with Crippen molar-refractivity contribution in [2.24, 2.45) is 0 Å². The van der Waals surface area contributed by atoms with E-state index in [1.807, 2.05) is 0 Å². The Kier molecular flexibility index (Phi) is 6.33. The number of ether oxygens (including phenoxy) is 1. The van der Waals surface area contributed by atoms with Crippen molar-refractivity contribution in [3.63, 3.8) is 0 Å². The van der Waals surface area contributed by atoms with E-state index in [9.17, 15) is 14.0 Å². The maximum atomic E-state index is 13.0. The summed E-state index contributed by atoms with van der Waals surface area (Å²) in [4.78, 5) is 27.0. The van der Waals surface area contributed by atoms with Gasteiger partial charge in [-0.3, -0.25) is 9.59 Å². The zero-order valence-electron chi connectivity index (χ0n) is 11.1. The molecule has 0 radical (unpaired) electrons. The first-order valence-corrected chi connectivity index (χ1v) is 6.22. The zero-order chi connectivity index (χ0) is 15.1. The van der Waals surface area contributed by atoms with Gasteiger partial charge in [-0.1, -0.05) is 11.6 Å². The number of nitrogens with zero attached hydrogens (tertiary/aromatic N) is 1. The summed E-state index contributed by atoms with van der Waals surface area (Å²) in [5.74, 6) is -1.73. The Labute approximate surface area is 120 Å². The molecule has 0 saturated heterocycles. The number of carbonyl (C=O) groups is 2. The van der Waals surface area contributed by atoms with Crippen LogP contribution < -0.4 is 10.6 Å². The van der Waals surface area contributed by atoms with Crippen molar-refractivity contribution in [2.45, 2.75) is 13.0 Å². The highest BCUT2D eigenvalue weighted by molar-refractivity contribution is 6.32. The largest absolute Gasteiger partial charge is 0.383 e. The molecule has 0 aliphatic heterocycles. The van der Waals surface area contributed by atoms with E-state index in [0.717, 1.165) is 12.3 Å². The van der Waals surface area contributed by atoms with E-state index >= 15 is 0 Å². The number of hydrogen-bond donors (Lipinski definition) is 2. The molecule has 20 heavy (non-hydrogen) atoms. The molecule has 6 nitrogen and oxygen atoms in total. The van der Waals surface area contributed by atoms with Crippen molar-refractivity contribution < 1.29 is 18.7 Å². The average Bonchev–Trinajstić information content (AvgIpc) is 2.41. The lowest BCUT2D eigenvalue weighted by molar-refractivity contribution is -0.122. The normalized spacial score (nSPS) is 11.8. The topological polar surface area (TPSA) is 80.3 Å². The van der Waals surface area contributed by atoms with Crippen LogP contribution in [0.4, 0.5) is 4.39 Å². The van der Waals surface area contributed by atoms with E-state index in [-0.39, 0.29) is 16.6 Å². The summed E-state index contributed by atoms with van der Waals surface area (Å²) in [6.45, 7) is 2.20. The maximum Gasteiger partial charge on any atom is 0.255 e. The van der Waals surface area contributed by atoms with Gasteiger partial charge < -0.3 is 15.4 Å². The fourth-order valence-electron chi connectivity index (χ4n) is 1.35. The molecule has 0 fully saturated rings. The van der Waals surface area contributed by atoms with Crippen molar-refractivity contribution in [1.82, 2.24) is 15.6 Å². The van der Waals surface area contributed by atoms with Crippen LogP contribution in [0.15, 0.2) is 12.3 Å². The summed E-state index contributed by atoms with van der Waals surface area (Å²) >= 11 is 5.70. The highest BCUT2D eigenvalue weighted by Crippen LogP contribution is 2.13. The maximum absolute atomic E-state index is 13.0. The van der Waals surface area contributed by atoms with Crippen LogP contribution >= 0.6 is 11.6 Å². The average molecular weight is 304 g/mol.